The Morgan fingerprint density at radius 3 is 2.70 bits per heavy atom. The molecule has 114 valence electrons. The Labute approximate surface area is 127 Å². The number of nitrogens with one attached hydrogen (secondary N) is 1. The van der Waals surface area contributed by atoms with Crippen LogP contribution in [0.15, 0.2) is 6.20 Å². The van der Waals surface area contributed by atoms with E-state index in [1.54, 1.807) is 0 Å². The molecule has 1 N–H and O–H groups in total. The standard InChI is InChI=1S/C16H29N3S/c1-6-12-8-17-14(16(3,4)5)10-19(12)11-15-18-9-13(7-2)20-15/h9,12,14,17H,6-8,10-11H2,1-5H3. The largest absolute Gasteiger partial charge is 0.311 e. The van der Waals surface area contributed by atoms with Crippen LogP contribution in [0.25, 0.3) is 0 Å². The molecule has 2 heterocycles. The molecule has 1 aliphatic rings. The van der Waals surface area contributed by atoms with Gasteiger partial charge in [0.25, 0.3) is 0 Å². The summed E-state index contributed by atoms with van der Waals surface area (Å²) in [5.41, 5.74) is 0.314. The van der Waals surface area contributed by atoms with Gasteiger partial charge in [0.2, 0.25) is 0 Å². The molecule has 0 spiro atoms. The Bertz CT molecular complexity index is 422. The Balaban J connectivity index is 2.05. The maximum atomic E-state index is 4.59. The zero-order chi connectivity index (χ0) is 14.8. The summed E-state index contributed by atoms with van der Waals surface area (Å²) in [6.07, 6.45) is 4.35. The molecule has 20 heavy (non-hydrogen) atoms. The Kier molecular flexibility index (Phi) is 5.21. The first kappa shape index (κ1) is 15.9. The molecule has 1 saturated heterocycles. The number of hydrogen-bond acceptors (Lipinski definition) is 4. The van der Waals surface area contributed by atoms with Gasteiger partial charge >= 0.3 is 0 Å². The Morgan fingerprint density at radius 1 is 1.40 bits per heavy atom. The monoisotopic (exact) mass is 295 g/mol. The van der Waals surface area contributed by atoms with Crippen LogP contribution in [0.4, 0.5) is 0 Å². The second-order valence-corrected chi connectivity index (χ2v) is 8.09. The molecule has 3 nitrogen and oxygen atoms in total. The third kappa shape index (κ3) is 3.80. The van der Waals surface area contributed by atoms with E-state index in [2.05, 4.69) is 49.8 Å². The fourth-order valence-corrected chi connectivity index (χ4v) is 3.68. The molecule has 0 saturated carbocycles. The quantitative estimate of drug-likeness (QED) is 0.924. The van der Waals surface area contributed by atoms with E-state index in [0.717, 1.165) is 26.1 Å². The molecular formula is C16H29N3S. The summed E-state index contributed by atoms with van der Waals surface area (Å²) >= 11 is 1.87. The van der Waals surface area contributed by atoms with Gasteiger partial charge in [-0.05, 0) is 18.3 Å². The Morgan fingerprint density at radius 2 is 2.15 bits per heavy atom. The van der Waals surface area contributed by atoms with Gasteiger partial charge in [0, 0.05) is 36.2 Å². The smallest absolute Gasteiger partial charge is 0.107 e. The summed E-state index contributed by atoms with van der Waals surface area (Å²) < 4.78 is 0. The lowest BCUT2D eigenvalue weighted by atomic mass is 9.84. The first-order valence-corrected chi connectivity index (χ1v) is 8.66. The Hall–Kier alpha value is -0.450. The van der Waals surface area contributed by atoms with Gasteiger partial charge in [-0.3, -0.25) is 4.90 Å². The van der Waals surface area contributed by atoms with Crippen LogP contribution in [0, 0.1) is 5.41 Å². The SMILES string of the molecule is CCc1cnc(CN2CC(C(C)(C)C)NCC2CC)s1. The van der Waals surface area contributed by atoms with E-state index in [-0.39, 0.29) is 0 Å². The van der Waals surface area contributed by atoms with Gasteiger partial charge in [-0.15, -0.1) is 11.3 Å². The van der Waals surface area contributed by atoms with Crippen molar-refractivity contribution in [1.29, 1.82) is 0 Å². The van der Waals surface area contributed by atoms with Crippen LogP contribution in [0.2, 0.25) is 0 Å². The molecule has 2 atom stereocenters. The molecule has 0 radical (unpaired) electrons. The normalized spacial score (nSPS) is 25.1. The van der Waals surface area contributed by atoms with Crippen LogP contribution in [0.3, 0.4) is 0 Å². The van der Waals surface area contributed by atoms with Crippen LogP contribution in [-0.2, 0) is 13.0 Å². The number of hydrogen-bond donors (Lipinski definition) is 1. The first-order valence-electron chi connectivity index (χ1n) is 7.85. The molecule has 1 aromatic rings. The third-order valence-electron chi connectivity index (χ3n) is 4.34. The van der Waals surface area contributed by atoms with E-state index in [4.69, 9.17) is 0 Å². The molecule has 0 aliphatic carbocycles. The van der Waals surface area contributed by atoms with Crippen LogP contribution in [-0.4, -0.2) is 35.1 Å². The van der Waals surface area contributed by atoms with E-state index in [1.807, 2.05) is 17.5 Å². The molecule has 4 heteroatoms. The van der Waals surface area contributed by atoms with Gasteiger partial charge in [-0.1, -0.05) is 34.6 Å². The highest BCUT2D eigenvalue weighted by Gasteiger charge is 2.33. The summed E-state index contributed by atoms with van der Waals surface area (Å²) in [6.45, 7) is 14.7. The maximum absolute atomic E-state index is 4.59. The topological polar surface area (TPSA) is 28.2 Å². The molecule has 2 rings (SSSR count). The lowest BCUT2D eigenvalue weighted by Crippen LogP contribution is -2.59. The minimum absolute atomic E-state index is 0.314. The molecule has 0 bridgehead atoms. The van der Waals surface area contributed by atoms with Crippen LogP contribution in [0.5, 0.6) is 0 Å². The summed E-state index contributed by atoms with van der Waals surface area (Å²) in [6, 6.07) is 1.21. The fraction of sp³-hybridized carbons (Fsp3) is 0.812. The van der Waals surface area contributed by atoms with Crippen molar-refractivity contribution in [2.75, 3.05) is 13.1 Å². The molecule has 2 unspecified atom stereocenters. The van der Waals surface area contributed by atoms with Gasteiger partial charge in [-0.2, -0.15) is 0 Å². The minimum Gasteiger partial charge on any atom is -0.311 e. The van der Waals surface area contributed by atoms with E-state index >= 15 is 0 Å². The average molecular weight is 295 g/mol. The highest BCUT2D eigenvalue weighted by Crippen LogP contribution is 2.26. The number of aryl methyl sites for hydroxylation is 1. The van der Waals surface area contributed by atoms with Crippen molar-refractivity contribution >= 4 is 11.3 Å². The molecule has 0 aromatic carbocycles. The van der Waals surface area contributed by atoms with Crippen LogP contribution in [0.1, 0.15) is 50.9 Å². The lowest BCUT2D eigenvalue weighted by molar-refractivity contribution is 0.0774. The van der Waals surface area contributed by atoms with Gasteiger partial charge in [-0.25, -0.2) is 4.98 Å². The molecule has 1 aromatic heterocycles. The van der Waals surface area contributed by atoms with E-state index < -0.39 is 0 Å². The molecular weight excluding hydrogens is 266 g/mol. The van der Waals surface area contributed by atoms with Crippen molar-refractivity contribution < 1.29 is 0 Å². The number of rotatable bonds is 4. The average Bonchev–Trinajstić information content (AvgIpc) is 2.85. The van der Waals surface area contributed by atoms with Crippen LogP contribution < -0.4 is 5.32 Å². The van der Waals surface area contributed by atoms with Gasteiger partial charge < -0.3 is 5.32 Å². The van der Waals surface area contributed by atoms with Gasteiger partial charge in [0.1, 0.15) is 5.01 Å². The summed E-state index contributed by atoms with van der Waals surface area (Å²) in [4.78, 5) is 8.62. The predicted octanol–water partition coefficient (Wildman–Crippen LogP) is 3.30. The van der Waals surface area contributed by atoms with Crippen molar-refractivity contribution in [3.8, 4) is 0 Å². The van der Waals surface area contributed by atoms with Gasteiger partial charge in [0.05, 0.1) is 6.54 Å². The van der Waals surface area contributed by atoms with E-state index in [1.165, 1.54) is 16.3 Å². The van der Waals surface area contributed by atoms with Crippen molar-refractivity contribution in [3.05, 3.63) is 16.1 Å². The van der Waals surface area contributed by atoms with E-state index in [0.29, 0.717) is 17.5 Å². The summed E-state index contributed by atoms with van der Waals surface area (Å²) in [7, 11) is 0. The fourth-order valence-electron chi connectivity index (χ4n) is 2.79. The van der Waals surface area contributed by atoms with Gasteiger partial charge in [0.15, 0.2) is 0 Å². The van der Waals surface area contributed by atoms with Crippen molar-refractivity contribution in [3.63, 3.8) is 0 Å². The predicted molar refractivity (Wildman–Crippen MR) is 87.2 cm³/mol. The summed E-state index contributed by atoms with van der Waals surface area (Å²) in [5, 5.41) is 5.01. The first-order chi connectivity index (χ1) is 9.44. The molecule has 1 aliphatic heterocycles. The van der Waals surface area contributed by atoms with Crippen molar-refractivity contribution in [2.45, 2.75) is 66.1 Å². The number of piperazine rings is 1. The second-order valence-electron chi connectivity index (χ2n) is 6.89. The number of aromatic nitrogens is 1. The minimum atomic E-state index is 0.314. The van der Waals surface area contributed by atoms with Crippen molar-refractivity contribution in [1.82, 2.24) is 15.2 Å². The van der Waals surface area contributed by atoms with E-state index in [9.17, 15) is 0 Å². The van der Waals surface area contributed by atoms with Crippen molar-refractivity contribution in [2.24, 2.45) is 5.41 Å². The molecule has 0 amide bonds. The molecule has 1 fully saturated rings. The highest BCUT2D eigenvalue weighted by atomic mass is 32.1. The number of nitrogens with zero attached hydrogens (tertiary/aromatic N) is 2. The number of thiazole rings is 1. The maximum Gasteiger partial charge on any atom is 0.107 e. The zero-order valence-electron chi connectivity index (χ0n) is 13.6. The third-order valence-corrected chi connectivity index (χ3v) is 5.46. The summed E-state index contributed by atoms with van der Waals surface area (Å²) in [5.74, 6) is 0. The second kappa shape index (κ2) is 6.54. The highest BCUT2D eigenvalue weighted by molar-refractivity contribution is 7.11. The zero-order valence-corrected chi connectivity index (χ0v) is 14.4. The lowest BCUT2D eigenvalue weighted by Gasteiger charge is -2.44. The van der Waals surface area contributed by atoms with Crippen LogP contribution >= 0.6 is 11.3 Å².